The van der Waals surface area contributed by atoms with E-state index in [-0.39, 0.29) is 6.42 Å². The summed E-state index contributed by atoms with van der Waals surface area (Å²) < 4.78 is 0. The minimum atomic E-state index is -1.06. The predicted molar refractivity (Wildman–Crippen MR) is 89.0 cm³/mol. The number of Topliss-reactive ketones (excluding diaryl/α,β-unsaturated/α-hetero) is 2. The summed E-state index contributed by atoms with van der Waals surface area (Å²) in [6.45, 7) is 0. The van der Waals surface area contributed by atoms with Crippen molar-refractivity contribution < 1.29 is 28.8 Å². The van der Waals surface area contributed by atoms with Crippen molar-refractivity contribution in [3.63, 3.8) is 0 Å². The minimum absolute atomic E-state index is 0.149. The van der Waals surface area contributed by atoms with Crippen molar-refractivity contribution in [2.75, 3.05) is 0 Å². The predicted octanol–water partition coefficient (Wildman–Crippen LogP) is 1.14. The van der Waals surface area contributed by atoms with Gasteiger partial charge in [0.2, 0.25) is 11.6 Å². The van der Waals surface area contributed by atoms with Crippen molar-refractivity contribution in [2.45, 2.75) is 25.7 Å². The molecule has 0 radical (unpaired) electrons. The van der Waals surface area contributed by atoms with Crippen LogP contribution in [0, 0.1) is 5.92 Å². The van der Waals surface area contributed by atoms with Gasteiger partial charge in [0.15, 0.2) is 0 Å². The second-order valence-electron chi connectivity index (χ2n) is 4.80. The lowest BCUT2D eigenvalue weighted by atomic mass is 9.92. The Morgan fingerprint density at radius 2 is 1.40 bits per heavy atom. The molecule has 0 saturated carbocycles. The maximum absolute atomic E-state index is 11.6. The topological polar surface area (TPSA) is 141 Å². The Labute approximate surface area is 144 Å². The van der Waals surface area contributed by atoms with E-state index in [0.717, 1.165) is 18.1 Å². The summed E-state index contributed by atoms with van der Waals surface area (Å²) >= 11 is 0. The van der Waals surface area contributed by atoms with Crippen molar-refractivity contribution in [2.24, 2.45) is 5.92 Å². The van der Waals surface area contributed by atoms with E-state index in [1.807, 2.05) is 6.07 Å². The average Bonchev–Trinajstić information content (AvgIpc) is 2.62. The maximum atomic E-state index is 11.6. The lowest BCUT2D eigenvalue weighted by Crippen LogP contribution is -2.28. The third kappa shape index (κ3) is 10.1. The highest BCUT2D eigenvalue weighted by Gasteiger charge is 2.29. The molecule has 0 fully saturated rings. The number of unbranched alkanes of at least 4 members (excludes halogenated alkanes) is 2. The second kappa shape index (κ2) is 14.3. The Bertz CT molecular complexity index is 637. The van der Waals surface area contributed by atoms with E-state index in [4.69, 9.17) is 11.1 Å². The number of hydrogen-bond donors (Lipinski definition) is 0. The molecule has 8 heteroatoms. The zero-order valence-electron chi connectivity index (χ0n) is 13.5. The number of benzene rings is 1. The van der Waals surface area contributed by atoms with E-state index in [1.165, 1.54) is 0 Å². The number of aldehydes is 2. The van der Waals surface area contributed by atoms with Gasteiger partial charge >= 0.3 is 12.4 Å². The lowest BCUT2D eigenvalue weighted by molar-refractivity contribution is -0.129. The highest BCUT2D eigenvalue weighted by atomic mass is 16.2. The molecule has 0 aliphatic heterocycles. The molecule has 0 amide bonds. The van der Waals surface area contributed by atoms with Crippen LogP contribution < -0.4 is 0 Å². The van der Waals surface area contributed by atoms with E-state index in [9.17, 15) is 19.2 Å². The van der Waals surface area contributed by atoms with Crippen LogP contribution in [0.2, 0.25) is 0 Å². The monoisotopic (exact) mass is 342 g/mol. The summed E-state index contributed by atoms with van der Waals surface area (Å²) in [5.74, 6) is -2.35. The summed E-state index contributed by atoms with van der Waals surface area (Å²) in [4.78, 5) is 47.5. The maximum Gasteiger partial charge on any atom is 0.323 e. The van der Waals surface area contributed by atoms with Gasteiger partial charge in [-0.05, 0) is 18.4 Å². The van der Waals surface area contributed by atoms with E-state index in [0.29, 0.717) is 31.7 Å². The van der Waals surface area contributed by atoms with Crippen molar-refractivity contribution >= 4 is 36.6 Å². The highest BCUT2D eigenvalue weighted by Crippen LogP contribution is 2.09. The summed E-state index contributed by atoms with van der Waals surface area (Å²) in [7, 11) is 0. The van der Waals surface area contributed by atoms with Crippen LogP contribution >= 0.6 is 0 Å². The molecule has 1 aromatic rings. The van der Waals surface area contributed by atoms with Gasteiger partial charge in [-0.3, -0.25) is 9.59 Å². The van der Waals surface area contributed by atoms with Crippen LogP contribution in [0.3, 0.4) is 0 Å². The van der Waals surface area contributed by atoms with Gasteiger partial charge < -0.3 is 20.7 Å². The first-order valence-electron chi connectivity index (χ1n) is 7.44. The molecule has 0 saturated heterocycles. The summed E-state index contributed by atoms with van der Waals surface area (Å²) in [5, 5.41) is 0. The number of hydrogen-bond acceptors (Lipinski definition) is 4. The molecule has 0 aliphatic carbocycles. The molecule has 25 heavy (non-hydrogen) atoms. The first-order chi connectivity index (χ1) is 12.1. The van der Waals surface area contributed by atoms with Gasteiger partial charge in [-0.25, -0.2) is 0 Å². The van der Waals surface area contributed by atoms with E-state index in [1.54, 1.807) is 24.3 Å². The van der Waals surface area contributed by atoms with Crippen molar-refractivity contribution in [3.05, 3.63) is 47.0 Å². The van der Waals surface area contributed by atoms with E-state index in [2.05, 4.69) is 9.58 Å². The summed E-state index contributed by atoms with van der Waals surface area (Å²) in [6, 6.07) is 8.90. The van der Waals surface area contributed by atoms with Gasteiger partial charge in [0.05, 0.1) is 0 Å². The Balaban J connectivity index is 0.000000697. The second-order valence-corrected chi connectivity index (χ2v) is 4.80. The van der Waals surface area contributed by atoms with Crippen LogP contribution in [0.15, 0.2) is 30.3 Å². The first-order valence-corrected chi connectivity index (χ1v) is 7.44. The molecular weight excluding hydrogens is 324 g/mol. The molecule has 0 bridgehead atoms. The smallest absolute Gasteiger partial charge is 0.323 e. The van der Waals surface area contributed by atoms with Crippen LogP contribution in [0.4, 0.5) is 0 Å². The third-order valence-electron chi connectivity index (χ3n) is 2.98. The Morgan fingerprint density at radius 1 is 0.920 bits per heavy atom. The average molecular weight is 342 g/mol. The zero-order valence-corrected chi connectivity index (χ0v) is 13.5. The van der Waals surface area contributed by atoms with Gasteiger partial charge in [-0.1, -0.05) is 30.3 Å². The van der Waals surface area contributed by atoms with E-state index < -0.39 is 17.5 Å². The SMILES string of the molecule is O=CCCCC=O.[N-]=[N+]=CC(=O)C(Cc1ccccc1)C(=O)C=[N+]=[N-]. The fraction of sp³-hybridized carbons (Fsp3) is 0.294. The fourth-order valence-electron chi connectivity index (χ4n) is 1.77. The van der Waals surface area contributed by atoms with Crippen molar-refractivity contribution in [1.82, 2.24) is 0 Å². The Morgan fingerprint density at radius 3 is 1.80 bits per heavy atom. The molecule has 8 nitrogen and oxygen atoms in total. The number of carbonyl (C=O) groups excluding carboxylic acids is 4. The molecule has 0 spiro atoms. The lowest BCUT2D eigenvalue weighted by Gasteiger charge is -2.06. The number of ketones is 2. The molecule has 0 heterocycles. The zero-order chi connectivity index (χ0) is 18.9. The fourth-order valence-corrected chi connectivity index (χ4v) is 1.77. The number of nitrogens with zero attached hydrogens (tertiary/aromatic N) is 4. The number of rotatable bonds is 10. The van der Waals surface area contributed by atoms with Crippen LogP contribution in [0.25, 0.3) is 11.1 Å². The molecule has 0 aliphatic rings. The quantitative estimate of drug-likeness (QED) is 0.157. The largest absolute Gasteiger partial charge is 0.361 e. The molecule has 0 N–H and O–H groups in total. The minimum Gasteiger partial charge on any atom is -0.361 e. The molecule has 0 aromatic heterocycles. The van der Waals surface area contributed by atoms with Crippen LogP contribution in [0.5, 0.6) is 0 Å². The van der Waals surface area contributed by atoms with Crippen LogP contribution in [0.1, 0.15) is 24.8 Å². The van der Waals surface area contributed by atoms with Gasteiger partial charge in [0, 0.05) is 12.8 Å². The molecular formula is C17H18N4O4. The molecule has 1 rings (SSSR count). The molecule has 0 unspecified atom stereocenters. The van der Waals surface area contributed by atoms with E-state index >= 15 is 0 Å². The van der Waals surface area contributed by atoms with Gasteiger partial charge in [0.1, 0.15) is 18.5 Å². The molecule has 0 atom stereocenters. The van der Waals surface area contributed by atoms with Gasteiger partial charge in [-0.2, -0.15) is 9.58 Å². The normalized spacial score (nSPS) is 9.92. The van der Waals surface area contributed by atoms with Crippen molar-refractivity contribution in [1.29, 1.82) is 0 Å². The van der Waals surface area contributed by atoms with Crippen LogP contribution in [-0.2, 0) is 25.6 Å². The Hall–Kier alpha value is -3.34. The van der Waals surface area contributed by atoms with Gasteiger partial charge in [0.25, 0.3) is 0 Å². The van der Waals surface area contributed by atoms with Crippen LogP contribution in [-0.4, -0.2) is 46.1 Å². The van der Waals surface area contributed by atoms with Gasteiger partial charge in [-0.15, -0.1) is 0 Å². The summed E-state index contributed by atoms with van der Waals surface area (Å²) in [5.41, 5.74) is 17.4. The third-order valence-corrected chi connectivity index (χ3v) is 2.98. The summed E-state index contributed by atoms with van der Waals surface area (Å²) in [6.07, 6.45) is 4.85. The highest BCUT2D eigenvalue weighted by molar-refractivity contribution is 6.40. The number of carbonyl (C=O) groups is 4. The molecule has 1 aromatic carbocycles. The molecule has 130 valence electrons. The first kappa shape index (κ1) is 21.7. The van der Waals surface area contributed by atoms with Crippen molar-refractivity contribution in [3.8, 4) is 0 Å². The standard InChI is InChI=1S/C12H10N4O2.C5H8O2/c13-15-7-11(17)10(12(18)8-16-14)6-9-4-2-1-3-5-9;6-4-2-1-3-5-7/h1-5,7-8,10H,6H2;4-5H,1-3H2. The Kier molecular flexibility index (Phi) is 12.4.